The molecule has 0 atom stereocenters. The summed E-state index contributed by atoms with van der Waals surface area (Å²) in [6.45, 7) is 0. The number of aromatic amines is 1. The minimum atomic E-state index is -0.141. The molecule has 1 aliphatic rings. The van der Waals surface area contributed by atoms with Crippen molar-refractivity contribution in [2.75, 3.05) is 0 Å². The number of aromatic hydroxyl groups is 1. The van der Waals surface area contributed by atoms with Crippen molar-refractivity contribution in [3.63, 3.8) is 0 Å². The molecule has 5 rings (SSSR count). The van der Waals surface area contributed by atoms with Crippen molar-refractivity contribution in [1.29, 1.82) is 0 Å². The van der Waals surface area contributed by atoms with Gasteiger partial charge in [0.05, 0.1) is 0 Å². The van der Waals surface area contributed by atoms with Gasteiger partial charge in [0.2, 0.25) is 0 Å². The Hall–Kier alpha value is -3.85. The molecule has 0 bridgehead atoms. The van der Waals surface area contributed by atoms with Crippen LogP contribution in [-0.4, -0.2) is 10.1 Å². The van der Waals surface area contributed by atoms with Crippen molar-refractivity contribution in [2.24, 2.45) is 0 Å². The highest BCUT2D eigenvalue weighted by Crippen LogP contribution is 2.35. The molecule has 1 aromatic heterocycles. The zero-order valence-corrected chi connectivity index (χ0v) is 17.8. The Morgan fingerprint density at radius 3 is 2.19 bits per heavy atom. The van der Waals surface area contributed by atoms with E-state index in [1.165, 1.54) is 5.57 Å². The second-order valence-electron chi connectivity index (χ2n) is 8.32. The maximum Gasteiger partial charge on any atom is 0.252 e. The van der Waals surface area contributed by atoms with Crippen molar-refractivity contribution < 1.29 is 5.11 Å². The molecule has 32 heavy (non-hydrogen) atoms. The Morgan fingerprint density at radius 1 is 0.812 bits per heavy atom. The summed E-state index contributed by atoms with van der Waals surface area (Å²) >= 11 is 0. The SMILES string of the molecule is O=c1[nH]ccc(CC2=Cc3cccc(O)c3CC2)c1C(c1ccccc1)c1ccccc1. The third-order valence-corrected chi connectivity index (χ3v) is 6.30. The molecule has 0 radical (unpaired) electrons. The fraction of sp³-hybridized carbons (Fsp3) is 0.138. The first kappa shape index (κ1) is 20.1. The van der Waals surface area contributed by atoms with Gasteiger partial charge in [-0.05, 0) is 53.6 Å². The van der Waals surface area contributed by atoms with Gasteiger partial charge in [0.25, 0.3) is 5.56 Å². The molecule has 0 saturated heterocycles. The molecule has 3 nitrogen and oxygen atoms in total. The van der Waals surface area contributed by atoms with E-state index in [1.54, 1.807) is 12.3 Å². The lowest BCUT2D eigenvalue weighted by atomic mass is 9.81. The van der Waals surface area contributed by atoms with Gasteiger partial charge in [-0.3, -0.25) is 4.79 Å². The van der Waals surface area contributed by atoms with E-state index in [2.05, 4.69) is 35.3 Å². The number of H-pyrrole nitrogens is 1. The highest BCUT2D eigenvalue weighted by Gasteiger charge is 2.24. The van der Waals surface area contributed by atoms with Crippen LogP contribution in [0.2, 0.25) is 0 Å². The van der Waals surface area contributed by atoms with Gasteiger partial charge in [-0.1, -0.05) is 84.4 Å². The third kappa shape index (κ3) is 3.90. The number of fused-ring (bicyclic) bond motifs is 1. The molecule has 3 heteroatoms. The molecule has 0 fully saturated rings. The summed E-state index contributed by atoms with van der Waals surface area (Å²) < 4.78 is 0. The summed E-state index contributed by atoms with van der Waals surface area (Å²) in [6, 6.07) is 28.2. The van der Waals surface area contributed by atoms with E-state index in [9.17, 15) is 9.90 Å². The smallest absolute Gasteiger partial charge is 0.252 e. The van der Waals surface area contributed by atoms with Crippen LogP contribution in [0.25, 0.3) is 6.08 Å². The molecule has 0 spiro atoms. The predicted molar refractivity (Wildman–Crippen MR) is 129 cm³/mol. The highest BCUT2D eigenvalue weighted by atomic mass is 16.3. The summed E-state index contributed by atoms with van der Waals surface area (Å²) in [6.07, 6.45) is 6.32. The maximum absolute atomic E-state index is 13.2. The summed E-state index contributed by atoms with van der Waals surface area (Å²) in [7, 11) is 0. The normalized spacial score (nSPS) is 13.0. The van der Waals surface area contributed by atoms with Crippen LogP contribution in [-0.2, 0) is 12.8 Å². The molecule has 4 aromatic rings. The summed E-state index contributed by atoms with van der Waals surface area (Å²) in [5.41, 5.74) is 7.35. The molecular weight excluding hydrogens is 394 g/mol. The lowest BCUT2D eigenvalue weighted by Gasteiger charge is -2.23. The second kappa shape index (κ2) is 8.72. The van der Waals surface area contributed by atoms with E-state index in [-0.39, 0.29) is 11.5 Å². The molecule has 0 unspecified atom stereocenters. The quantitative estimate of drug-likeness (QED) is 0.427. The van der Waals surface area contributed by atoms with Crippen LogP contribution in [0.15, 0.2) is 101 Å². The van der Waals surface area contributed by atoms with Crippen molar-refractivity contribution >= 4 is 6.08 Å². The number of hydrogen-bond donors (Lipinski definition) is 2. The van der Waals surface area contributed by atoms with E-state index < -0.39 is 0 Å². The van der Waals surface area contributed by atoms with Crippen LogP contribution in [0, 0.1) is 0 Å². The van der Waals surface area contributed by atoms with Gasteiger partial charge in [0.15, 0.2) is 0 Å². The molecule has 0 saturated carbocycles. The maximum atomic E-state index is 13.2. The van der Waals surface area contributed by atoms with Gasteiger partial charge in [-0.2, -0.15) is 0 Å². The van der Waals surface area contributed by atoms with E-state index in [0.717, 1.165) is 46.2 Å². The molecule has 0 aliphatic heterocycles. The number of phenolic OH excluding ortho intramolecular Hbond substituents is 1. The Morgan fingerprint density at radius 2 is 1.50 bits per heavy atom. The lowest BCUT2D eigenvalue weighted by Crippen LogP contribution is -2.21. The van der Waals surface area contributed by atoms with Gasteiger partial charge in [0.1, 0.15) is 5.75 Å². The topological polar surface area (TPSA) is 53.1 Å². The first-order valence-electron chi connectivity index (χ1n) is 11.0. The standard InChI is InChI=1S/C29H25NO2/c31-26-13-7-12-23-18-20(14-15-25(23)26)19-24-16-17-30-29(32)28(24)27(21-8-3-1-4-9-21)22-10-5-2-6-11-22/h1-13,16-18,27,31H,14-15,19H2,(H,30,32). The molecule has 2 N–H and O–H groups in total. The van der Waals surface area contributed by atoms with Gasteiger partial charge >= 0.3 is 0 Å². The number of nitrogens with one attached hydrogen (secondary N) is 1. The van der Waals surface area contributed by atoms with Crippen LogP contribution in [0.4, 0.5) is 0 Å². The number of allylic oxidation sites excluding steroid dienone is 1. The number of pyridine rings is 1. The molecular formula is C29H25NO2. The first-order chi connectivity index (χ1) is 15.7. The number of aromatic nitrogens is 1. The lowest BCUT2D eigenvalue weighted by molar-refractivity contribution is 0.467. The summed E-state index contributed by atoms with van der Waals surface area (Å²) in [4.78, 5) is 16.1. The predicted octanol–water partition coefficient (Wildman–Crippen LogP) is 5.83. The average molecular weight is 420 g/mol. The Balaban J connectivity index is 1.61. The van der Waals surface area contributed by atoms with Gasteiger partial charge in [0, 0.05) is 23.2 Å². The van der Waals surface area contributed by atoms with Crippen LogP contribution in [0.5, 0.6) is 5.75 Å². The minimum Gasteiger partial charge on any atom is -0.508 e. The van der Waals surface area contributed by atoms with Crippen LogP contribution < -0.4 is 5.56 Å². The molecule has 1 aliphatic carbocycles. The monoisotopic (exact) mass is 419 g/mol. The fourth-order valence-electron chi connectivity index (χ4n) is 4.78. The van der Waals surface area contributed by atoms with Crippen molar-refractivity contribution in [3.05, 3.63) is 140 Å². The van der Waals surface area contributed by atoms with Crippen LogP contribution in [0.3, 0.4) is 0 Å². The van der Waals surface area contributed by atoms with Crippen molar-refractivity contribution in [1.82, 2.24) is 4.98 Å². The van der Waals surface area contributed by atoms with Crippen molar-refractivity contribution in [3.8, 4) is 5.75 Å². The number of rotatable bonds is 5. The van der Waals surface area contributed by atoms with Gasteiger partial charge in [-0.25, -0.2) is 0 Å². The average Bonchev–Trinajstić information content (AvgIpc) is 2.83. The summed E-state index contributed by atoms with van der Waals surface area (Å²) in [5.74, 6) is 0.223. The number of benzene rings is 3. The molecule has 1 heterocycles. The zero-order valence-electron chi connectivity index (χ0n) is 17.8. The van der Waals surface area contributed by atoms with E-state index in [0.29, 0.717) is 12.2 Å². The Kier molecular flexibility index (Phi) is 5.47. The van der Waals surface area contributed by atoms with E-state index in [1.807, 2.05) is 54.6 Å². The number of hydrogen-bond acceptors (Lipinski definition) is 2. The summed E-state index contributed by atoms with van der Waals surface area (Å²) in [5, 5.41) is 10.2. The van der Waals surface area contributed by atoms with Crippen LogP contribution in [0.1, 0.15) is 45.7 Å². The largest absolute Gasteiger partial charge is 0.508 e. The van der Waals surface area contributed by atoms with Gasteiger partial charge in [-0.15, -0.1) is 0 Å². The van der Waals surface area contributed by atoms with E-state index in [4.69, 9.17) is 0 Å². The van der Waals surface area contributed by atoms with Crippen LogP contribution >= 0.6 is 0 Å². The molecule has 158 valence electrons. The Bertz CT molecular complexity index is 1280. The third-order valence-electron chi connectivity index (χ3n) is 6.30. The second-order valence-corrected chi connectivity index (χ2v) is 8.32. The minimum absolute atomic E-state index is 0.0466. The molecule has 0 amide bonds. The number of phenols is 1. The zero-order chi connectivity index (χ0) is 21.9. The highest BCUT2D eigenvalue weighted by molar-refractivity contribution is 5.63. The Labute approximate surface area is 187 Å². The fourth-order valence-corrected chi connectivity index (χ4v) is 4.78. The van der Waals surface area contributed by atoms with Gasteiger partial charge < -0.3 is 10.1 Å². The van der Waals surface area contributed by atoms with E-state index >= 15 is 0 Å². The first-order valence-corrected chi connectivity index (χ1v) is 11.0. The molecule has 3 aromatic carbocycles. The van der Waals surface area contributed by atoms with Crippen molar-refractivity contribution in [2.45, 2.75) is 25.2 Å².